The van der Waals surface area contributed by atoms with Gasteiger partial charge in [0.2, 0.25) is 11.8 Å². The van der Waals surface area contributed by atoms with Crippen molar-refractivity contribution >= 4 is 17.5 Å². The molecule has 0 aromatic heterocycles. The molecule has 2 fully saturated rings. The highest BCUT2D eigenvalue weighted by atomic mass is 16.2. The van der Waals surface area contributed by atoms with E-state index in [1.54, 1.807) is 0 Å². The first-order valence-electron chi connectivity index (χ1n) is 8.96. The highest BCUT2D eigenvalue weighted by Gasteiger charge is 2.23. The van der Waals surface area contributed by atoms with Crippen LogP contribution in [0.1, 0.15) is 32.3 Å². The topological polar surface area (TPSA) is 43.9 Å². The molecule has 2 aliphatic rings. The standard InChI is InChI=1S/C19H27N3O2/c1-15(2)20-10-12-21(13-11-20)19(24)14-16-5-7-17(8-6-16)22-9-3-4-18(22)23/h5-8,15H,3-4,9-14H2,1-2H3. The minimum atomic E-state index is 0.196. The lowest BCUT2D eigenvalue weighted by molar-refractivity contribution is -0.132. The third-order valence-corrected chi connectivity index (χ3v) is 5.07. The molecule has 130 valence electrons. The number of anilines is 1. The monoisotopic (exact) mass is 329 g/mol. The molecule has 0 radical (unpaired) electrons. The molecule has 24 heavy (non-hydrogen) atoms. The third kappa shape index (κ3) is 3.78. The van der Waals surface area contributed by atoms with Crippen molar-refractivity contribution in [3.05, 3.63) is 29.8 Å². The van der Waals surface area contributed by atoms with Gasteiger partial charge in [-0.25, -0.2) is 0 Å². The van der Waals surface area contributed by atoms with E-state index in [1.165, 1.54) is 0 Å². The first kappa shape index (κ1) is 17.0. The molecule has 2 heterocycles. The summed E-state index contributed by atoms with van der Waals surface area (Å²) in [5.74, 6) is 0.394. The molecular formula is C19H27N3O2. The van der Waals surface area contributed by atoms with Crippen molar-refractivity contribution in [2.24, 2.45) is 0 Å². The van der Waals surface area contributed by atoms with Crippen molar-refractivity contribution in [2.75, 3.05) is 37.6 Å². The lowest BCUT2D eigenvalue weighted by atomic mass is 10.1. The van der Waals surface area contributed by atoms with E-state index in [0.717, 1.165) is 50.4 Å². The maximum Gasteiger partial charge on any atom is 0.227 e. The molecule has 1 aromatic rings. The van der Waals surface area contributed by atoms with E-state index in [1.807, 2.05) is 34.1 Å². The van der Waals surface area contributed by atoms with Crippen molar-refractivity contribution in [1.29, 1.82) is 0 Å². The molecular weight excluding hydrogens is 302 g/mol. The fraction of sp³-hybridized carbons (Fsp3) is 0.579. The zero-order valence-electron chi connectivity index (χ0n) is 14.7. The Hall–Kier alpha value is -1.88. The Morgan fingerprint density at radius 2 is 1.71 bits per heavy atom. The van der Waals surface area contributed by atoms with E-state index in [0.29, 0.717) is 18.9 Å². The summed E-state index contributed by atoms with van der Waals surface area (Å²) in [6.07, 6.45) is 2.01. The van der Waals surface area contributed by atoms with Crippen LogP contribution in [-0.4, -0.2) is 60.4 Å². The summed E-state index contributed by atoms with van der Waals surface area (Å²) in [4.78, 5) is 30.5. The van der Waals surface area contributed by atoms with Gasteiger partial charge in [0.1, 0.15) is 0 Å². The van der Waals surface area contributed by atoms with Gasteiger partial charge in [-0.15, -0.1) is 0 Å². The summed E-state index contributed by atoms with van der Waals surface area (Å²) in [6.45, 7) is 8.75. The fourth-order valence-electron chi connectivity index (χ4n) is 3.49. The largest absolute Gasteiger partial charge is 0.340 e. The Morgan fingerprint density at radius 3 is 2.25 bits per heavy atom. The van der Waals surface area contributed by atoms with E-state index in [4.69, 9.17) is 0 Å². The molecule has 0 aliphatic carbocycles. The number of piperazine rings is 1. The normalized spacial score (nSPS) is 19.4. The van der Waals surface area contributed by atoms with Gasteiger partial charge in [0.15, 0.2) is 0 Å². The number of hydrogen-bond donors (Lipinski definition) is 0. The van der Waals surface area contributed by atoms with E-state index >= 15 is 0 Å². The summed E-state index contributed by atoms with van der Waals surface area (Å²) < 4.78 is 0. The molecule has 1 aromatic carbocycles. The van der Waals surface area contributed by atoms with Gasteiger partial charge in [-0.05, 0) is 38.0 Å². The van der Waals surface area contributed by atoms with Crippen LogP contribution < -0.4 is 4.90 Å². The van der Waals surface area contributed by atoms with Gasteiger partial charge in [-0.2, -0.15) is 0 Å². The van der Waals surface area contributed by atoms with Crippen LogP contribution in [0.25, 0.3) is 0 Å². The Labute approximate surface area is 144 Å². The zero-order chi connectivity index (χ0) is 17.1. The summed E-state index contributed by atoms with van der Waals surface area (Å²) >= 11 is 0. The molecule has 0 atom stereocenters. The number of amides is 2. The SMILES string of the molecule is CC(C)N1CCN(C(=O)Cc2ccc(N3CCCC3=O)cc2)CC1. The highest BCUT2D eigenvalue weighted by Crippen LogP contribution is 2.22. The minimum Gasteiger partial charge on any atom is -0.340 e. The second-order valence-corrected chi connectivity index (χ2v) is 7.00. The van der Waals surface area contributed by atoms with Crippen LogP contribution in [0.2, 0.25) is 0 Å². The number of benzene rings is 1. The molecule has 3 rings (SSSR count). The van der Waals surface area contributed by atoms with Crippen LogP contribution in [0.3, 0.4) is 0 Å². The fourth-order valence-corrected chi connectivity index (χ4v) is 3.49. The molecule has 2 amide bonds. The van der Waals surface area contributed by atoms with Crippen LogP contribution in [0.15, 0.2) is 24.3 Å². The van der Waals surface area contributed by atoms with Gasteiger partial charge in [-0.3, -0.25) is 14.5 Å². The summed E-state index contributed by atoms with van der Waals surface area (Å²) in [5, 5.41) is 0. The number of hydrogen-bond acceptors (Lipinski definition) is 3. The van der Waals surface area contributed by atoms with Gasteiger partial charge < -0.3 is 9.80 Å². The molecule has 2 aliphatic heterocycles. The quantitative estimate of drug-likeness (QED) is 0.847. The van der Waals surface area contributed by atoms with Crippen molar-refractivity contribution in [1.82, 2.24) is 9.80 Å². The van der Waals surface area contributed by atoms with E-state index in [2.05, 4.69) is 18.7 Å². The number of carbonyl (C=O) groups excluding carboxylic acids is 2. The number of rotatable bonds is 4. The first-order chi connectivity index (χ1) is 11.5. The Morgan fingerprint density at radius 1 is 1.04 bits per heavy atom. The lowest BCUT2D eigenvalue weighted by Crippen LogP contribution is -2.51. The lowest BCUT2D eigenvalue weighted by Gasteiger charge is -2.37. The van der Waals surface area contributed by atoms with Crippen molar-refractivity contribution < 1.29 is 9.59 Å². The van der Waals surface area contributed by atoms with Crippen molar-refractivity contribution in [3.63, 3.8) is 0 Å². The van der Waals surface area contributed by atoms with Crippen LogP contribution in [-0.2, 0) is 16.0 Å². The first-order valence-corrected chi connectivity index (χ1v) is 8.96. The summed E-state index contributed by atoms with van der Waals surface area (Å²) in [5.41, 5.74) is 1.96. The van der Waals surface area contributed by atoms with Crippen LogP contribution in [0, 0.1) is 0 Å². The molecule has 0 N–H and O–H groups in total. The number of carbonyl (C=O) groups is 2. The highest BCUT2D eigenvalue weighted by molar-refractivity contribution is 5.95. The van der Waals surface area contributed by atoms with E-state index in [9.17, 15) is 9.59 Å². The average molecular weight is 329 g/mol. The molecule has 5 nitrogen and oxygen atoms in total. The molecule has 0 spiro atoms. The Kier molecular flexibility index (Phi) is 5.19. The van der Waals surface area contributed by atoms with Gasteiger partial charge >= 0.3 is 0 Å². The molecule has 0 bridgehead atoms. The average Bonchev–Trinajstić information content (AvgIpc) is 3.01. The van der Waals surface area contributed by atoms with Gasteiger partial charge in [-0.1, -0.05) is 12.1 Å². The maximum atomic E-state index is 12.5. The summed E-state index contributed by atoms with van der Waals surface area (Å²) in [7, 11) is 0. The molecule has 5 heteroatoms. The number of nitrogens with zero attached hydrogens (tertiary/aromatic N) is 3. The predicted molar refractivity (Wildman–Crippen MR) is 95.0 cm³/mol. The molecule has 2 saturated heterocycles. The molecule has 0 unspecified atom stereocenters. The summed E-state index contributed by atoms with van der Waals surface area (Å²) in [6, 6.07) is 8.42. The second kappa shape index (κ2) is 7.34. The second-order valence-electron chi connectivity index (χ2n) is 7.00. The zero-order valence-corrected chi connectivity index (χ0v) is 14.7. The third-order valence-electron chi connectivity index (χ3n) is 5.07. The predicted octanol–water partition coefficient (Wildman–Crippen LogP) is 1.91. The Bertz CT molecular complexity index is 589. The van der Waals surface area contributed by atoms with E-state index in [-0.39, 0.29) is 11.8 Å². The van der Waals surface area contributed by atoms with Crippen LogP contribution >= 0.6 is 0 Å². The van der Waals surface area contributed by atoms with E-state index < -0.39 is 0 Å². The Balaban J connectivity index is 1.54. The minimum absolute atomic E-state index is 0.196. The van der Waals surface area contributed by atoms with Crippen LogP contribution in [0.5, 0.6) is 0 Å². The van der Waals surface area contributed by atoms with Crippen molar-refractivity contribution in [3.8, 4) is 0 Å². The molecule has 0 saturated carbocycles. The van der Waals surface area contributed by atoms with Gasteiger partial charge in [0.25, 0.3) is 0 Å². The van der Waals surface area contributed by atoms with Crippen molar-refractivity contribution in [2.45, 2.75) is 39.2 Å². The van der Waals surface area contributed by atoms with Gasteiger partial charge in [0, 0.05) is 50.9 Å². The van der Waals surface area contributed by atoms with Gasteiger partial charge in [0.05, 0.1) is 6.42 Å². The maximum absolute atomic E-state index is 12.5. The van der Waals surface area contributed by atoms with Crippen LogP contribution in [0.4, 0.5) is 5.69 Å². The smallest absolute Gasteiger partial charge is 0.227 e.